The second-order valence-electron chi connectivity index (χ2n) is 10.8. The first-order valence-electron chi connectivity index (χ1n) is 13.7. The van der Waals surface area contributed by atoms with E-state index >= 15 is 0 Å². The van der Waals surface area contributed by atoms with Crippen LogP contribution in [-0.4, -0.2) is 110 Å². The predicted molar refractivity (Wildman–Crippen MR) is 158 cm³/mol. The van der Waals surface area contributed by atoms with Gasteiger partial charge in [-0.3, -0.25) is 27.9 Å². The van der Waals surface area contributed by atoms with Crippen LogP contribution >= 0.6 is 38.4 Å². The monoisotopic (exact) mass is 706 g/mol. The molecule has 45 heavy (non-hydrogen) atoms. The number of aliphatic hydroxyl groups excluding tert-OH is 1. The van der Waals surface area contributed by atoms with E-state index in [4.69, 9.17) is 33.3 Å². The van der Waals surface area contributed by atoms with E-state index in [0.29, 0.717) is 21.7 Å². The second-order valence-corrected chi connectivity index (χ2v) is 15.9. The Morgan fingerprint density at radius 1 is 1.16 bits per heavy atom. The number of carbonyl (C=O) groups excluding carboxylic acids is 1. The summed E-state index contributed by atoms with van der Waals surface area (Å²) in [5.74, 6) is -0.838. The van der Waals surface area contributed by atoms with E-state index in [0.717, 1.165) is 11.5 Å². The highest BCUT2D eigenvalue weighted by Crippen LogP contribution is 2.58. The molecular formula is C22H28N8O11P2S2. The summed E-state index contributed by atoms with van der Waals surface area (Å²) in [5, 5.41) is 12.9. The molecule has 3 fully saturated rings. The van der Waals surface area contributed by atoms with Gasteiger partial charge in [-0.15, -0.1) is 0 Å². The van der Waals surface area contributed by atoms with Crippen molar-refractivity contribution in [3.8, 4) is 0 Å². The number of aromatic nitrogens is 3. The Labute approximate surface area is 264 Å². The van der Waals surface area contributed by atoms with Crippen LogP contribution in [0.4, 0.5) is 5.82 Å². The summed E-state index contributed by atoms with van der Waals surface area (Å²) in [6.45, 7) is -4.03. The Hall–Kier alpha value is -2.13. The van der Waals surface area contributed by atoms with Crippen LogP contribution in [0.5, 0.6) is 0 Å². The Morgan fingerprint density at radius 3 is 2.76 bits per heavy atom. The van der Waals surface area contributed by atoms with Crippen LogP contribution in [0.1, 0.15) is 24.3 Å². The number of anilines is 1. The van der Waals surface area contributed by atoms with Gasteiger partial charge in [0.15, 0.2) is 24.3 Å². The molecule has 23 heteroatoms. The van der Waals surface area contributed by atoms with Crippen molar-refractivity contribution in [3.05, 3.63) is 11.2 Å². The first kappa shape index (κ1) is 31.5. The van der Waals surface area contributed by atoms with E-state index in [9.17, 15) is 23.9 Å². The summed E-state index contributed by atoms with van der Waals surface area (Å²) in [7, 11) is -4.88. The van der Waals surface area contributed by atoms with Crippen molar-refractivity contribution >= 4 is 73.3 Å². The van der Waals surface area contributed by atoms with Gasteiger partial charge in [0.2, 0.25) is 0 Å². The highest BCUT2D eigenvalue weighted by atomic mass is 32.7. The molecule has 0 radical (unpaired) electrons. The number of rotatable bonds is 3. The molecule has 19 nitrogen and oxygen atoms in total. The fourth-order valence-corrected chi connectivity index (χ4v) is 9.27. The van der Waals surface area contributed by atoms with Gasteiger partial charge in [-0.25, -0.2) is 24.1 Å². The first-order chi connectivity index (χ1) is 21.4. The van der Waals surface area contributed by atoms with Gasteiger partial charge < -0.3 is 35.4 Å². The molecule has 5 aliphatic heterocycles. The van der Waals surface area contributed by atoms with Crippen molar-refractivity contribution < 1.29 is 51.5 Å². The van der Waals surface area contributed by atoms with Crippen LogP contribution in [0.25, 0.3) is 11.0 Å². The summed E-state index contributed by atoms with van der Waals surface area (Å²) >= 11 is 5.25. The maximum absolute atomic E-state index is 13.5. The maximum Gasteiger partial charge on any atom is 0.472 e. The number of phosphoric acid groups is 1. The lowest BCUT2D eigenvalue weighted by Crippen LogP contribution is -2.55. The molecule has 7 heterocycles. The minimum atomic E-state index is -4.88. The zero-order chi connectivity index (χ0) is 31.7. The van der Waals surface area contributed by atoms with Crippen molar-refractivity contribution in [3.63, 3.8) is 0 Å². The minimum absolute atomic E-state index is 0.119. The highest BCUT2D eigenvalue weighted by Gasteiger charge is 2.55. The third kappa shape index (κ3) is 5.94. The number of carbonyl (C=O) groups is 1. The number of nitrogens with two attached hydrogens (primary N) is 1. The summed E-state index contributed by atoms with van der Waals surface area (Å²) in [4.78, 5) is 42.3. The van der Waals surface area contributed by atoms with E-state index in [2.05, 4.69) is 41.9 Å². The number of aliphatic imine (C=N–C) groups is 2. The molecule has 0 saturated carbocycles. The number of nitrogen functional groups attached to an aromatic ring is 1. The largest absolute Gasteiger partial charge is 0.472 e. The SMILES string of the molecule is CC1=NC2C(N=CN2[C@@H]2O[C@@H]3CO[P@@](=O)(S)O[C@H]4C[C@H](c5snc6c(N)ncnc56)O[C@@H]4COP(=O)(O)O[C@@H]2[C@@H]3CO)C(=O)N1. The summed E-state index contributed by atoms with van der Waals surface area (Å²) in [6.07, 6.45) is -4.31. The molecule has 1 amide bonds. The van der Waals surface area contributed by atoms with Crippen molar-refractivity contribution in [1.29, 1.82) is 0 Å². The molecule has 11 atom stereocenters. The van der Waals surface area contributed by atoms with Gasteiger partial charge in [0.25, 0.3) is 5.91 Å². The number of fused-ring (bicyclic) bond motifs is 5. The third-order valence-electron chi connectivity index (χ3n) is 7.99. The van der Waals surface area contributed by atoms with Gasteiger partial charge in [0.1, 0.15) is 35.4 Å². The molecular weight excluding hydrogens is 678 g/mol. The molecule has 3 unspecified atom stereocenters. The fourth-order valence-electron chi connectivity index (χ4n) is 5.91. The summed E-state index contributed by atoms with van der Waals surface area (Å²) < 4.78 is 65.9. The number of ether oxygens (including phenoxy) is 2. The van der Waals surface area contributed by atoms with E-state index in [-0.39, 0.29) is 12.2 Å². The topological polar surface area (TPSA) is 252 Å². The number of hydrogen-bond donors (Lipinski definition) is 5. The molecule has 7 rings (SSSR count). The Bertz CT molecular complexity index is 1670. The molecule has 5 N–H and O–H groups in total. The molecule has 0 aliphatic carbocycles. The van der Waals surface area contributed by atoms with E-state index in [1.807, 2.05) is 0 Å². The van der Waals surface area contributed by atoms with Crippen molar-refractivity contribution in [1.82, 2.24) is 24.6 Å². The average Bonchev–Trinajstić information content (AvgIpc) is 3.74. The van der Waals surface area contributed by atoms with E-state index in [1.165, 1.54) is 17.6 Å². The molecule has 0 spiro atoms. The minimum Gasteiger partial charge on any atom is -0.396 e. The number of thiol groups is 1. The molecule has 244 valence electrons. The number of amidine groups is 1. The molecule has 2 aromatic heterocycles. The van der Waals surface area contributed by atoms with Crippen molar-refractivity contribution in [2.45, 2.75) is 62.3 Å². The maximum atomic E-state index is 13.5. The second kappa shape index (κ2) is 11.8. The Balaban J connectivity index is 1.16. The van der Waals surface area contributed by atoms with Crippen molar-refractivity contribution in [2.75, 3.05) is 25.6 Å². The van der Waals surface area contributed by atoms with Gasteiger partial charge in [0, 0.05) is 12.3 Å². The van der Waals surface area contributed by atoms with E-state index in [1.54, 1.807) is 6.92 Å². The van der Waals surface area contributed by atoms with Gasteiger partial charge >= 0.3 is 14.6 Å². The Morgan fingerprint density at radius 2 is 1.96 bits per heavy atom. The zero-order valence-electron chi connectivity index (χ0n) is 23.3. The van der Waals surface area contributed by atoms with Crippen LogP contribution in [0, 0.1) is 5.92 Å². The smallest absolute Gasteiger partial charge is 0.396 e. The molecule has 2 aromatic rings. The number of aliphatic hydroxyl groups is 1. The lowest BCUT2D eigenvalue weighted by molar-refractivity contribution is -0.124. The molecule has 2 bridgehead atoms. The van der Waals surface area contributed by atoms with E-state index < -0.39 is 95.2 Å². The molecule has 5 aliphatic rings. The predicted octanol–water partition coefficient (Wildman–Crippen LogP) is 0.374. The lowest BCUT2D eigenvalue weighted by Gasteiger charge is -2.35. The fraction of sp³-hybridized carbons (Fsp3) is 0.636. The number of phosphoric ester groups is 1. The van der Waals surface area contributed by atoms with Crippen LogP contribution in [0.15, 0.2) is 16.3 Å². The first-order valence-corrected chi connectivity index (χ1v) is 18.6. The standard InChI is InChI=1S/C22H28N8O11P2S2/c1-8-27-20-16(21(32)28-8)26-7-30(20)22-17-9(3-31)12(39-22)4-37-43(35,44)40-10-2-11(38-13(10)5-36-42(33,34)41-17)18-14-15(29-45-18)19(23)25-6-24-14/h6-7,9-13,16-17,20,22,31H,2-5H2,1H3,(H,33,34)(H,35,44)(H2,23,24,25)(H,27,28,32)/t9-,10+,11-,12-,13-,16?,17-,20?,22-,43-/m1/s1. The lowest BCUT2D eigenvalue weighted by atomic mass is 9.99. The zero-order valence-corrected chi connectivity index (χ0v) is 26.8. The van der Waals surface area contributed by atoms with Crippen LogP contribution < -0.4 is 11.1 Å². The summed E-state index contributed by atoms with van der Waals surface area (Å²) in [6, 6.07) is -0.905. The molecule has 0 aromatic carbocycles. The van der Waals surface area contributed by atoms with Crippen molar-refractivity contribution in [2.24, 2.45) is 15.9 Å². The normalized spacial score (nSPS) is 42.0. The van der Waals surface area contributed by atoms with Crippen LogP contribution in [-0.2, 0) is 41.5 Å². The number of nitrogens with zero attached hydrogens (tertiary/aromatic N) is 6. The third-order valence-corrected chi connectivity index (χ3v) is 11.5. The van der Waals surface area contributed by atoms with Gasteiger partial charge in [0.05, 0.1) is 49.3 Å². The quantitative estimate of drug-likeness (QED) is 0.214. The van der Waals surface area contributed by atoms with Crippen LogP contribution in [0.2, 0.25) is 0 Å². The van der Waals surface area contributed by atoms with Gasteiger partial charge in [-0.1, -0.05) is 12.2 Å². The number of hydrogen-bond acceptors (Lipinski definition) is 18. The number of nitrogens with one attached hydrogen (secondary N) is 1. The highest BCUT2D eigenvalue weighted by molar-refractivity contribution is 8.44. The number of amides is 1. The Kier molecular flexibility index (Phi) is 8.28. The van der Waals surface area contributed by atoms with Crippen LogP contribution in [0.3, 0.4) is 0 Å². The van der Waals surface area contributed by atoms with Gasteiger partial charge in [-0.2, -0.15) is 4.37 Å². The average molecular weight is 707 g/mol. The van der Waals surface area contributed by atoms with Gasteiger partial charge in [-0.05, 0) is 18.5 Å². The molecule has 3 saturated heterocycles. The summed E-state index contributed by atoms with van der Waals surface area (Å²) in [5.41, 5.74) is 6.78.